The smallest absolute Gasteiger partial charge is 0.282 e. The fraction of sp³-hybridized carbons (Fsp3) is 0.417. The van der Waals surface area contributed by atoms with E-state index in [1.807, 2.05) is 0 Å². The van der Waals surface area contributed by atoms with E-state index in [0.29, 0.717) is 11.4 Å². The van der Waals surface area contributed by atoms with Crippen molar-refractivity contribution in [2.24, 2.45) is 0 Å². The van der Waals surface area contributed by atoms with E-state index in [1.165, 1.54) is 7.11 Å². The lowest BCUT2D eigenvalue weighted by molar-refractivity contribution is -0.115. The molecule has 0 heterocycles. The van der Waals surface area contributed by atoms with E-state index < -0.39 is 25.0 Å². The third-order valence-electron chi connectivity index (χ3n) is 2.27. The molecule has 0 aliphatic heterocycles. The summed E-state index contributed by atoms with van der Waals surface area (Å²) >= 11 is 0. The van der Waals surface area contributed by atoms with Gasteiger partial charge in [-0.15, -0.1) is 0 Å². The second-order valence-electron chi connectivity index (χ2n) is 3.89. The van der Waals surface area contributed by atoms with Crippen molar-refractivity contribution in [3.8, 4) is 5.75 Å². The van der Waals surface area contributed by atoms with Gasteiger partial charge in [-0.3, -0.25) is 4.79 Å². The molecule has 7 heteroatoms. The minimum absolute atomic E-state index is 0.262. The van der Waals surface area contributed by atoms with Crippen molar-refractivity contribution in [2.75, 3.05) is 32.1 Å². The summed E-state index contributed by atoms with van der Waals surface area (Å²) < 4.78 is 30.3. The van der Waals surface area contributed by atoms with E-state index in [2.05, 4.69) is 10.6 Å². The summed E-state index contributed by atoms with van der Waals surface area (Å²) in [7, 11) is 1.53. The summed E-state index contributed by atoms with van der Waals surface area (Å²) in [5.41, 5.74) is 0.543. The molecule has 19 heavy (non-hydrogen) atoms. The number of ether oxygens (including phenoxy) is 1. The highest BCUT2D eigenvalue weighted by atomic mass is 19.3. The zero-order valence-electron chi connectivity index (χ0n) is 10.5. The van der Waals surface area contributed by atoms with Gasteiger partial charge in [0.05, 0.1) is 20.2 Å². The Morgan fingerprint density at radius 2 is 2.00 bits per heavy atom. The van der Waals surface area contributed by atoms with Crippen LogP contribution in [0.4, 0.5) is 14.5 Å². The van der Waals surface area contributed by atoms with Crippen LogP contribution >= 0.6 is 0 Å². The zero-order valence-corrected chi connectivity index (χ0v) is 10.5. The van der Waals surface area contributed by atoms with Gasteiger partial charge in [0, 0.05) is 5.69 Å². The van der Waals surface area contributed by atoms with Crippen molar-refractivity contribution in [2.45, 2.75) is 5.92 Å². The first-order chi connectivity index (χ1) is 8.96. The van der Waals surface area contributed by atoms with Gasteiger partial charge in [-0.05, 0) is 24.3 Å². The van der Waals surface area contributed by atoms with Crippen molar-refractivity contribution < 1.29 is 23.4 Å². The van der Waals surface area contributed by atoms with Crippen molar-refractivity contribution in [1.82, 2.24) is 5.32 Å². The number of carbonyl (C=O) groups excluding carboxylic acids is 1. The first-order valence-corrected chi connectivity index (χ1v) is 5.60. The van der Waals surface area contributed by atoms with Crippen LogP contribution < -0.4 is 15.4 Å². The van der Waals surface area contributed by atoms with Crippen LogP contribution in [0.3, 0.4) is 0 Å². The van der Waals surface area contributed by atoms with Crippen LogP contribution in [0, 0.1) is 0 Å². The monoisotopic (exact) mass is 274 g/mol. The number of benzene rings is 1. The fourth-order valence-corrected chi connectivity index (χ4v) is 1.29. The lowest BCUT2D eigenvalue weighted by Crippen LogP contribution is -2.39. The number of amides is 1. The van der Waals surface area contributed by atoms with Crippen LogP contribution in [0.1, 0.15) is 0 Å². The van der Waals surface area contributed by atoms with Gasteiger partial charge in [0.2, 0.25) is 5.91 Å². The molecule has 1 aromatic carbocycles. The van der Waals surface area contributed by atoms with Crippen molar-refractivity contribution in [3.63, 3.8) is 0 Å². The quantitative estimate of drug-likeness (QED) is 0.689. The molecule has 0 aromatic heterocycles. The maximum Gasteiger partial charge on any atom is 0.282 e. The third-order valence-corrected chi connectivity index (χ3v) is 2.27. The van der Waals surface area contributed by atoms with E-state index in [9.17, 15) is 13.6 Å². The predicted molar refractivity (Wildman–Crippen MR) is 66.5 cm³/mol. The largest absolute Gasteiger partial charge is 0.497 e. The number of hydrogen-bond acceptors (Lipinski definition) is 4. The molecule has 0 spiro atoms. The number of alkyl halides is 2. The zero-order chi connectivity index (χ0) is 14.3. The molecular weight excluding hydrogens is 258 g/mol. The van der Waals surface area contributed by atoms with Crippen molar-refractivity contribution in [3.05, 3.63) is 24.3 Å². The molecule has 0 saturated carbocycles. The summed E-state index contributed by atoms with van der Waals surface area (Å²) in [6.45, 7) is -2.26. The molecule has 3 N–H and O–H groups in total. The SMILES string of the molecule is COc1ccc(NC(=O)CNCC(F)(F)CO)cc1. The second kappa shape index (κ2) is 7.01. The van der Waals surface area contributed by atoms with Crippen LogP contribution in [0.15, 0.2) is 24.3 Å². The topological polar surface area (TPSA) is 70.6 Å². The van der Waals surface area contributed by atoms with Crippen molar-refractivity contribution in [1.29, 1.82) is 0 Å². The molecule has 0 fully saturated rings. The molecule has 0 aliphatic carbocycles. The standard InChI is InChI=1S/C12H16F2N2O3/c1-19-10-4-2-9(3-5-10)16-11(18)6-15-7-12(13,14)8-17/h2-5,15,17H,6-8H2,1H3,(H,16,18). The lowest BCUT2D eigenvalue weighted by Gasteiger charge is -2.13. The molecule has 1 rings (SSSR count). The number of aliphatic hydroxyl groups is 1. The van der Waals surface area contributed by atoms with Gasteiger partial charge in [0.15, 0.2) is 0 Å². The normalized spacial score (nSPS) is 11.2. The Kier molecular flexibility index (Phi) is 5.65. The number of rotatable bonds is 7. The summed E-state index contributed by atoms with van der Waals surface area (Å²) in [5.74, 6) is -3.02. The van der Waals surface area contributed by atoms with E-state index in [1.54, 1.807) is 24.3 Å². The molecule has 0 bridgehead atoms. The Hall–Kier alpha value is -1.73. The molecule has 0 aliphatic rings. The van der Waals surface area contributed by atoms with E-state index >= 15 is 0 Å². The predicted octanol–water partition coefficient (Wildman–Crippen LogP) is 0.851. The number of nitrogens with one attached hydrogen (secondary N) is 2. The van der Waals surface area contributed by atoms with Gasteiger partial charge in [0.1, 0.15) is 12.4 Å². The Bertz CT molecular complexity index is 410. The summed E-state index contributed by atoms with van der Waals surface area (Å²) in [4.78, 5) is 11.4. The van der Waals surface area contributed by atoms with E-state index in [-0.39, 0.29) is 6.54 Å². The van der Waals surface area contributed by atoms with Gasteiger partial charge in [-0.1, -0.05) is 0 Å². The molecule has 0 radical (unpaired) electrons. The first kappa shape index (κ1) is 15.3. The van der Waals surface area contributed by atoms with Gasteiger partial charge >= 0.3 is 0 Å². The number of aliphatic hydroxyl groups excluding tert-OH is 1. The molecule has 1 aromatic rings. The number of hydrogen-bond donors (Lipinski definition) is 3. The Morgan fingerprint density at radius 3 is 2.53 bits per heavy atom. The highest BCUT2D eigenvalue weighted by molar-refractivity contribution is 5.92. The molecular formula is C12H16F2N2O3. The van der Waals surface area contributed by atoms with Crippen molar-refractivity contribution >= 4 is 11.6 Å². The van der Waals surface area contributed by atoms with Crippen LogP contribution in [0.25, 0.3) is 0 Å². The Morgan fingerprint density at radius 1 is 1.37 bits per heavy atom. The van der Waals surface area contributed by atoms with Gasteiger partial charge in [-0.2, -0.15) is 0 Å². The number of carbonyl (C=O) groups is 1. The van der Waals surface area contributed by atoms with Gasteiger partial charge < -0.3 is 20.5 Å². The van der Waals surface area contributed by atoms with Gasteiger partial charge in [-0.25, -0.2) is 8.78 Å². The molecule has 0 atom stereocenters. The first-order valence-electron chi connectivity index (χ1n) is 5.60. The maximum atomic E-state index is 12.7. The molecule has 1 amide bonds. The summed E-state index contributed by atoms with van der Waals surface area (Å²) in [6.07, 6.45) is 0. The highest BCUT2D eigenvalue weighted by Crippen LogP contribution is 2.14. The second-order valence-corrected chi connectivity index (χ2v) is 3.89. The molecule has 0 unspecified atom stereocenters. The van der Waals surface area contributed by atoms with Gasteiger partial charge in [0.25, 0.3) is 5.92 Å². The minimum atomic E-state index is -3.22. The third kappa shape index (κ3) is 5.62. The molecule has 0 saturated heterocycles. The van der Waals surface area contributed by atoms with E-state index in [0.717, 1.165) is 0 Å². The number of methoxy groups -OCH3 is 1. The summed E-state index contributed by atoms with van der Waals surface area (Å²) in [5, 5.41) is 13.1. The fourth-order valence-electron chi connectivity index (χ4n) is 1.29. The van der Waals surface area contributed by atoms with Crippen LogP contribution in [-0.2, 0) is 4.79 Å². The lowest BCUT2D eigenvalue weighted by atomic mass is 10.3. The average Bonchev–Trinajstić information content (AvgIpc) is 2.39. The minimum Gasteiger partial charge on any atom is -0.497 e. The highest BCUT2D eigenvalue weighted by Gasteiger charge is 2.27. The summed E-state index contributed by atoms with van der Waals surface area (Å²) in [6, 6.07) is 6.62. The average molecular weight is 274 g/mol. The molecule has 106 valence electrons. The molecule has 5 nitrogen and oxygen atoms in total. The van der Waals surface area contributed by atoms with Crippen LogP contribution in [0.5, 0.6) is 5.75 Å². The van der Waals surface area contributed by atoms with E-state index in [4.69, 9.17) is 9.84 Å². The maximum absolute atomic E-state index is 12.7. The Labute approximate surface area is 109 Å². The van der Waals surface area contributed by atoms with Crippen LogP contribution in [-0.4, -0.2) is 43.7 Å². The number of halogens is 2. The number of anilines is 1. The van der Waals surface area contributed by atoms with Crippen LogP contribution in [0.2, 0.25) is 0 Å². The Balaban J connectivity index is 2.34.